The van der Waals surface area contributed by atoms with Gasteiger partial charge in [0.2, 0.25) is 0 Å². The van der Waals surface area contributed by atoms with Gasteiger partial charge in [-0.25, -0.2) is 9.18 Å². The highest BCUT2D eigenvalue weighted by Gasteiger charge is 2.30. The maximum absolute atomic E-state index is 13.2. The van der Waals surface area contributed by atoms with Crippen LogP contribution < -0.4 is 10.6 Å². The van der Waals surface area contributed by atoms with Gasteiger partial charge in [0, 0.05) is 25.2 Å². The predicted octanol–water partition coefficient (Wildman–Crippen LogP) is 3.59. The summed E-state index contributed by atoms with van der Waals surface area (Å²) >= 11 is 0. The Balaban J connectivity index is 1.31. The van der Waals surface area contributed by atoms with E-state index in [0.29, 0.717) is 31.4 Å². The monoisotopic (exact) mass is 393 g/mol. The van der Waals surface area contributed by atoms with Gasteiger partial charge in [-0.05, 0) is 69.8 Å². The van der Waals surface area contributed by atoms with Crippen molar-refractivity contribution in [1.29, 1.82) is 0 Å². The number of ether oxygens (including phenoxy) is 2. The average Bonchev–Trinajstić information content (AvgIpc) is 3.11. The standard InChI is InChI=1S/C21H32FN3O3/c1-21(27-12-13-28-21)9-2-3-10-25-11-5-6-17(16-25)15-23-20(26)24-19-8-4-7-18(22)14-19/h4,7-8,14,17H,2-3,5-6,9-13,15-16H2,1H3,(H2,23,24,26)/t17-/m1/s1. The molecule has 0 spiro atoms. The summed E-state index contributed by atoms with van der Waals surface area (Å²) in [6, 6.07) is 5.63. The van der Waals surface area contributed by atoms with Crippen LogP contribution in [0.15, 0.2) is 24.3 Å². The molecule has 2 fully saturated rings. The summed E-state index contributed by atoms with van der Waals surface area (Å²) in [4.78, 5) is 14.5. The summed E-state index contributed by atoms with van der Waals surface area (Å²) in [6.07, 6.45) is 5.43. The number of hydrogen-bond acceptors (Lipinski definition) is 4. The van der Waals surface area contributed by atoms with Gasteiger partial charge in [-0.1, -0.05) is 6.07 Å². The Kier molecular flexibility index (Phi) is 7.65. The second kappa shape index (κ2) is 10.2. The number of likely N-dealkylation sites (tertiary alicyclic amines) is 1. The lowest BCUT2D eigenvalue weighted by Gasteiger charge is -2.33. The van der Waals surface area contributed by atoms with Crippen LogP contribution in [0.1, 0.15) is 39.0 Å². The fourth-order valence-electron chi connectivity index (χ4n) is 3.98. The minimum atomic E-state index is -0.386. The number of rotatable bonds is 8. The van der Waals surface area contributed by atoms with Crippen molar-refractivity contribution in [3.8, 4) is 0 Å². The van der Waals surface area contributed by atoms with Crippen molar-refractivity contribution in [2.75, 3.05) is 44.7 Å². The van der Waals surface area contributed by atoms with E-state index in [9.17, 15) is 9.18 Å². The quantitative estimate of drug-likeness (QED) is 0.663. The van der Waals surface area contributed by atoms with E-state index in [1.807, 2.05) is 6.92 Å². The third-order valence-corrected chi connectivity index (χ3v) is 5.49. The SMILES string of the molecule is CC1(CCCCN2CCC[C@H](CNC(=O)Nc3cccc(F)c3)C2)OCCO1. The van der Waals surface area contributed by atoms with Crippen molar-refractivity contribution >= 4 is 11.7 Å². The average molecular weight is 394 g/mol. The summed E-state index contributed by atoms with van der Waals surface area (Å²) in [5.74, 6) is -0.296. The Labute approximate surface area is 166 Å². The van der Waals surface area contributed by atoms with Crippen molar-refractivity contribution in [2.45, 2.75) is 44.8 Å². The first kappa shape index (κ1) is 21.0. The highest BCUT2D eigenvalue weighted by atomic mass is 19.1. The molecule has 0 bridgehead atoms. The maximum atomic E-state index is 13.2. The Morgan fingerprint density at radius 3 is 2.93 bits per heavy atom. The van der Waals surface area contributed by atoms with Crippen LogP contribution in [0.2, 0.25) is 0 Å². The number of piperidine rings is 1. The van der Waals surface area contributed by atoms with Crippen molar-refractivity contribution in [3.63, 3.8) is 0 Å². The first-order valence-corrected chi connectivity index (χ1v) is 10.3. The van der Waals surface area contributed by atoms with Gasteiger partial charge in [-0.3, -0.25) is 0 Å². The summed E-state index contributed by atoms with van der Waals surface area (Å²) < 4.78 is 24.5. The zero-order valence-electron chi connectivity index (χ0n) is 16.7. The fourth-order valence-corrected chi connectivity index (χ4v) is 3.98. The Hall–Kier alpha value is -1.70. The minimum Gasteiger partial charge on any atom is -0.348 e. The predicted molar refractivity (Wildman–Crippen MR) is 107 cm³/mol. The van der Waals surface area contributed by atoms with E-state index >= 15 is 0 Å². The van der Waals surface area contributed by atoms with Crippen LogP contribution in [-0.4, -0.2) is 56.1 Å². The zero-order valence-corrected chi connectivity index (χ0v) is 16.7. The number of halogens is 1. The molecule has 28 heavy (non-hydrogen) atoms. The maximum Gasteiger partial charge on any atom is 0.319 e. The fraction of sp³-hybridized carbons (Fsp3) is 0.667. The van der Waals surface area contributed by atoms with Gasteiger partial charge < -0.3 is 25.0 Å². The molecule has 0 aliphatic carbocycles. The smallest absolute Gasteiger partial charge is 0.319 e. The van der Waals surface area contributed by atoms with Crippen LogP contribution in [0.5, 0.6) is 0 Å². The molecule has 3 rings (SSSR count). The number of carbonyl (C=O) groups is 1. The third kappa shape index (κ3) is 6.72. The van der Waals surface area contributed by atoms with Crippen LogP contribution in [0, 0.1) is 11.7 Å². The van der Waals surface area contributed by atoms with Crippen LogP contribution in [0.25, 0.3) is 0 Å². The van der Waals surface area contributed by atoms with Crippen LogP contribution >= 0.6 is 0 Å². The lowest BCUT2D eigenvalue weighted by atomic mass is 9.97. The molecule has 1 aromatic carbocycles. The molecule has 6 nitrogen and oxygen atoms in total. The van der Waals surface area contributed by atoms with Crippen LogP contribution in [-0.2, 0) is 9.47 Å². The Morgan fingerprint density at radius 1 is 1.32 bits per heavy atom. The van der Waals surface area contributed by atoms with E-state index in [0.717, 1.165) is 51.7 Å². The highest BCUT2D eigenvalue weighted by Crippen LogP contribution is 2.25. The van der Waals surface area contributed by atoms with E-state index < -0.39 is 0 Å². The summed E-state index contributed by atoms with van der Waals surface area (Å²) in [7, 11) is 0. The lowest BCUT2D eigenvalue weighted by Crippen LogP contribution is -2.42. The number of hydrogen-bond donors (Lipinski definition) is 2. The number of nitrogens with one attached hydrogen (secondary N) is 2. The number of benzene rings is 1. The molecule has 0 aromatic heterocycles. The summed E-state index contributed by atoms with van der Waals surface area (Å²) in [6.45, 7) is 7.26. The van der Waals surface area contributed by atoms with Crippen molar-refractivity contribution in [1.82, 2.24) is 10.2 Å². The largest absolute Gasteiger partial charge is 0.348 e. The van der Waals surface area contributed by atoms with E-state index in [1.54, 1.807) is 12.1 Å². The molecular formula is C21H32FN3O3. The second-order valence-electron chi connectivity index (χ2n) is 7.94. The second-order valence-corrected chi connectivity index (χ2v) is 7.94. The van der Waals surface area contributed by atoms with Gasteiger partial charge >= 0.3 is 6.03 Å². The van der Waals surface area contributed by atoms with E-state index in [4.69, 9.17) is 9.47 Å². The first-order valence-electron chi connectivity index (χ1n) is 10.3. The van der Waals surface area contributed by atoms with Crippen LogP contribution in [0.3, 0.4) is 0 Å². The van der Waals surface area contributed by atoms with Gasteiger partial charge in [-0.2, -0.15) is 0 Å². The number of urea groups is 1. The number of carbonyl (C=O) groups excluding carboxylic acids is 1. The normalized spacial score (nSPS) is 22.1. The molecule has 0 saturated carbocycles. The molecule has 2 heterocycles. The summed E-state index contributed by atoms with van der Waals surface area (Å²) in [5.41, 5.74) is 0.465. The third-order valence-electron chi connectivity index (χ3n) is 5.49. The molecule has 2 amide bonds. The number of amides is 2. The molecule has 2 aliphatic heterocycles. The van der Waals surface area contributed by atoms with Gasteiger partial charge in [-0.15, -0.1) is 0 Å². The number of unbranched alkanes of at least 4 members (excludes halogenated alkanes) is 1. The molecular weight excluding hydrogens is 361 g/mol. The van der Waals surface area contributed by atoms with Crippen molar-refractivity contribution in [2.24, 2.45) is 5.92 Å². The highest BCUT2D eigenvalue weighted by molar-refractivity contribution is 5.89. The molecule has 7 heteroatoms. The molecule has 0 radical (unpaired) electrons. The molecule has 2 saturated heterocycles. The van der Waals surface area contributed by atoms with E-state index in [-0.39, 0.29) is 17.6 Å². The topological polar surface area (TPSA) is 62.8 Å². The number of anilines is 1. The minimum absolute atomic E-state index is 0.285. The van der Waals surface area contributed by atoms with Crippen molar-refractivity contribution in [3.05, 3.63) is 30.1 Å². The number of nitrogens with zero attached hydrogens (tertiary/aromatic N) is 1. The van der Waals surface area contributed by atoms with Gasteiger partial charge in [0.15, 0.2) is 5.79 Å². The van der Waals surface area contributed by atoms with Crippen LogP contribution in [0.4, 0.5) is 14.9 Å². The zero-order chi connectivity index (χ0) is 19.8. The molecule has 2 N–H and O–H groups in total. The molecule has 1 aromatic rings. The van der Waals surface area contributed by atoms with Gasteiger partial charge in [0.25, 0.3) is 0 Å². The van der Waals surface area contributed by atoms with Crippen molar-refractivity contribution < 1.29 is 18.7 Å². The molecule has 2 aliphatic rings. The van der Waals surface area contributed by atoms with Gasteiger partial charge in [0.05, 0.1) is 13.2 Å². The Morgan fingerprint density at radius 2 is 2.14 bits per heavy atom. The first-order chi connectivity index (χ1) is 13.5. The summed E-state index contributed by atoms with van der Waals surface area (Å²) in [5, 5.41) is 5.60. The van der Waals surface area contributed by atoms with E-state index in [1.165, 1.54) is 12.1 Å². The lowest BCUT2D eigenvalue weighted by molar-refractivity contribution is -0.147. The van der Waals surface area contributed by atoms with E-state index in [2.05, 4.69) is 15.5 Å². The molecule has 1 atom stereocenters. The van der Waals surface area contributed by atoms with Gasteiger partial charge in [0.1, 0.15) is 5.82 Å². The molecule has 0 unspecified atom stereocenters. The molecule has 156 valence electrons. The Bertz CT molecular complexity index is 637.